The topological polar surface area (TPSA) is 32.8 Å². The monoisotopic (exact) mass is 278 g/mol. The maximum absolute atomic E-state index is 12.2. The molecule has 2 aliphatic heterocycles. The Labute approximate surface area is 121 Å². The van der Waals surface area contributed by atoms with Crippen LogP contribution >= 0.6 is 0 Å². The second-order valence-electron chi connectivity index (χ2n) is 7.15. The highest BCUT2D eigenvalue weighted by Crippen LogP contribution is 2.34. The fourth-order valence-electron chi connectivity index (χ4n) is 4.25. The molecule has 2 aliphatic carbocycles. The van der Waals surface area contributed by atoms with Crippen LogP contribution in [0.2, 0.25) is 0 Å². The zero-order chi connectivity index (χ0) is 13.5. The number of nitrogens with zero attached hydrogens (tertiary/aromatic N) is 2. The van der Waals surface area contributed by atoms with Gasteiger partial charge in [0.25, 0.3) is 0 Å². The molecule has 2 saturated carbocycles. The highest BCUT2D eigenvalue weighted by atomic mass is 16.5. The summed E-state index contributed by atoms with van der Waals surface area (Å²) in [4.78, 5) is 16.9. The number of ether oxygens (including phenoxy) is 1. The van der Waals surface area contributed by atoms with Gasteiger partial charge < -0.3 is 9.64 Å². The number of hydrogen-bond donors (Lipinski definition) is 0. The summed E-state index contributed by atoms with van der Waals surface area (Å²) in [5.41, 5.74) is 0. The Balaban J connectivity index is 1.43. The van der Waals surface area contributed by atoms with Gasteiger partial charge in [0.1, 0.15) is 6.61 Å². The number of carbonyl (C=O) groups excluding carboxylic acids is 1. The summed E-state index contributed by atoms with van der Waals surface area (Å²) < 4.78 is 5.83. The van der Waals surface area contributed by atoms with Crippen LogP contribution in [0.15, 0.2) is 0 Å². The van der Waals surface area contributed by atoms with Crippen molar-refractivity contribution in [2.75, 3.05) is 26.2 Å². The van der Waals surface area contributed by atoms with Crippen LogP contribution in [-0.2, 0) is 9.53 Å². The molecule has 0 unspecified atom stereocenters. The van der Waals surface area contributed by atoms with Gasteiger partial charge in [-0.25, -0.2) is 0 Å². The first-order chi connectivity index (χ1) is 9.81. The molecule has 0 aromatic heterocycles. The Kier molecular flexibility index (Phi) is 3.47. The maximum atomic E-state index is 12.2. The molecule has 2 saturated heterocycles. The first kappa shape index (κ1) is 13.1. The molecule has 2 atom stereocenters. The zero-order valence-electron chi connectivity index (χ0n) is 12.3. The Morgan fingerprint density at radius 1 is 1.05 bits per heavy atom. The summed E-state index contributed by atoms with van der Waals surface area (Å²) >= 11 is 0. The van der Waals surface area contributed by atoms with E-state index in [1.807, 2.05) is 0 Å². The van der Waals surface area contributed by atoms with Gasteiger partial charge in [0.05, 0.1) is 12.1 Å². The number of fused-ring (bicyclic) bond motifs is 1. The predicted octanol–water partition coefficient (Wildman–Crippen LogP) is 1.64. The van der Waals surface area contributed by atoms with Gasteiger partial charge in [-0.15, -0.1) is 0 Å². The fraction of sp³-hybridized carbons (Fsp3) is 0.938. The van der Waals surface area contributed by atoms with E-state index in [-0.39, 0.29) is 12.0 Å². The largest absolute Gasteiger partial charge is 0.365 e. The molecule has 0 aromatic carbocycles. The molecule has 0 N–H and O–H groups in total. The lowest BCUT2D eigenvalue weighted by atomic mass is 9.94. The summed E-state index contributed by atoms with van der Waals surface area (Å²) in [6, 6.07) is 1.08. The predicted molar refractivity (Wildman–Crippen MR) is 76.4 cm³/mol. The van der Waals surface area contributed by atoms with Gasteiger partial charge >= 0.3 is 0 Å². The van der Waals surface area contributed by atoms with Crippen molar-refractivity contribution in [3.63, 3.8) is 0 Å². The number of amides is 1. The normalized spacial score (nSPS) is 36.4. The molecule has 20 heavy (non-hydrogen) atoms. The highest BCUT2D eigenvalue weighted by molar-refractivity contribution is 5.78. The van der Waals surface area contributed by atoms with Crippen LogP contribution in [0.4, 0.5) is 0 Å². The molecule has 0 aromatic rings. The summed E-state index contributed by atoms with van der Waals surface area (Å²) in [7, 11) is 0. The molecule has 4 aliphatic rings. The molecule has 0 spiro atoms. The Hall–Kier alpha value is -0.610. The molecule has 4 heteroatoms. The van der Waals surface area contributed by atoms with Gasteiger partial charge in [0.2, 0.25) is 5.91 Å². The van der Waals surface area contributed by atoms with Crippen LogP contribution in [0, 0.1) is 5.92 Å². The molecule has 0 bridgehead atoms. The number of carbonyl (C=O) groups is 1. The summed E-state index contributed by atoms with van der Waals surface area (Å²) in [6.45, 7) is 3.39. The minimum Gasteiger partial charge on any atom is -0.365 e. The van der Waals surface area contributed by atoms with E-state index >= 15 is 0 Å². The Bertz CT molecular complexity index is 377. The second kappa shape index (κ2) is 5.30. The molecule has 4 nitrogen and oxygen atoms in total. The second-order valence-corrected chi connectivity index (χ2v) is 7.15. The lowest BCUT2D eigenvalue weighted by molar-refractivity contribution is -0.153. The minimum atomic E-state index is 0.226. The van der Waals surface area contributed by atoms with Gasteiger partial charge in [0, 0.05) is 25.7 Å². The quantitative estimate of drug-likeness (QED) is 0.787. The Morgan fingerprint density at radius 3 is 2.60 bits per heavy atom. The zero-order valence-corrected chi connectivity index (χ0v) is 12.3. The van der Waals surface area contributed by atoms with Crippen molar-refractivity contribution in [1.29, 1.82) is 0 Å². The van der Waals surface area contributed by atoms with E-state index in [0.717, 1.165) is 31.6 Å². The lowest BCUT2D eigenvalue weighted by Crippen LogP contribution is -2.54. The van der Waals surface area contributed by atoms with Gasteiger partial charge in [-0.2, -0.15) is 0 Å². The van der Waals surface area contributed by atoms with Crippen LogP contribution in [0.3, 0.4) is 0 Å². The van der Waals surface area contributed by atoms with Crippen molar-refractivity contribution in [2.45, 2.75) is 63.1 Å². The average molecular weight is 278 g/mol. The van der Waals surface area contributed by atoms with Crippen molar-refractivity contribution >= 4 is 5.91 Å². The number of morpholine rings is 1. The van der Waals surface area contributed by atoms with E-state index in [2.05, 4.69) is 9.80 Å². The molecular weight excluding hydrogens is 252 g/mol. The van der Waals surface area contributed by atoms with E-state index in [9.17, 15) is 4.79 Å². The van der Waals surface area contributed by atoms with Gasteiger partial charge in [0.15, 0.2) is 0 Å². The smallest absolute Gasteiger partial charge is 0.248 e. The molecule has 112 valence electrons. The van der Waals surface area contributed by atoms with Crippen LogP contribution in [0.1, 0.15) is 44.9 Å². The number of hydrogen-bond acceptors (Lipinski definition) is 3. The van der Waals surface area contributed by atoms with Gasteiger partial charge in [-0.1, -0.05) is 19.3 Å². The van der Waals surface area contributed by atoms with Crippen molar-refractivity contribution in [1.82, 2.24) is 9.80 Å². The van der Waals surface area contributed by atoms with Crippen LogP contribution in [0.25, 0.3) is 0 Å². The third kappa shape index (κ3) is 2.48. The maximum Gasteiger partial charge on any atom is 0.248 e. The number of likely N-dealkylation sites (tertiary alicyclic amines) is 1. The van der Waals surface area contributed by atoms with E-state index < -0.39 is 0 Å². The first-order valence-corrected chi connectivity index (χ1v) is 8.46. The standard InChI is InChI=1S/C16H26N2O2/c19-16-11-20-15-10-17(13-4-2-1-3-5-13)9-14(15)18(16)8-12-6-7-12/h12-15H,1-11H2/t14-,15+/m1/s1. The van der Waals surface area contributed by atoms with Crippen LogP contribution in [-0.4, -0.2) is 60.1 Å². The molecule has 2 heterocycles. The van der Waals surface area contributed by atoms with Crippen LogP contribution < -0.4 is 0 Å². The SMILES string of the molecule is O=C1CO[C@H]2CN(C3CCCCC3)C[C@H]2N1CC1CC1. The third-order valence-electron chi connectivity index (χ3n) is 5.65. The molecule has 1 amide bonds. The van der Waals surface area contributed by atoms with Crippen molar-refractivity contribution in [3.05, 3.63) is 0 Å². The third-order valence-corrected chi connectivity index (χ3v) is 5.65. The van der Waals surface area contributed by atoms with Crippen LogP contribution in [0.5, 0.6) is 0 Å². The van der Waals surface area contributed by atoms with Crippen molar-refractivity contribution in [3.8, 4) is 0 Å². The Morgan fingerprint density at radius 2 is 1.85 bits per heavy atom. The summed E-state index contributed by atoms with van der Waals surface area (Å²) in [6.07, 6.45) is 9.74. The van der Waals surface area contributed by atoms with E-state index in [4.69, 9.17) is 4.74 Å². The molecule has 4 rings (SSSR count). The van der Waals surface area contributed by atoms with E-state index in [1.54, 1.807) is 0 Å². The first-order valence-electron chi connectivity index (χ1n) is 8.46. The van der Waals surface area contributed by atoms with Gasteiger partial charge in [-0.3, -0.25) is 9.69 Å². The molecule has 4 fully saturated rings. The van der Waals surface area contributed by atoms with Crippen molar-refractivity contribution in [2.24, 2.45) is 5.92 Å². The minimum absolute atomic E-state index is 0.226. The van der Waals surface area contributed by atoms with E-state index in [0.29, 0.717) is 12.6 Å². The molecule has 0 radical (unpaired) electrons. The van der Waals surface area contributed by atoms with Gasteiger partial charge in [-0.05, 0) is 31.6 Å². The fourth-order valence-corrected chi connectivity index (χ4v) is 4.25. The highest BCUT2D eigenvalue weighted by Gasteiger charge is 2.45. The average Bonchev–Trinajstić information content (AvgIpc) is 3.19. The van der Waals surface area contributed by atoms with E-state index in [1.165, 1.54) is 44.9 Å². The molecular formula is C16H26N2O2. The lowest BCUT2D eigenvalue weighted by Gasteiger charge is -2.37. The summed E-state index contributed by atoms with van der Waals surface area (Å²) in [5, 5.41) is 0. The number of rotatable bonds is 3. The summed E-state index contributed by atoms with van der Waals surface area (Å²) in [5.74, 6) is 1.00. The van der Waals surface area contributed by atoms with Crippen molar-refractivity contribution < 1.29 is 9.53 Å².